The van der Waals surface area contributed by atoms with E-state index in [1.54, 1.807) is 12.3 Å². The molecule has 3 N–H and O–H groups in total. The second-order valence-electron chi connectivity index (χ2n) is 6.46. The van der Waals surface area contributed by atoms with Crippen molar-refractivity contribution in [3.8, 4) is 11.5 Å². The van der Waals surface area contributed by atoms with Gasteiger partial charge in [-0.3, -0.25) is 5.10 Å². The first-order valence-electron chi connectivity index (χ1n) is 9.23. The Morgan fingerprint density at radius 2 is 1.69 bits per heavy atom. The molecule has 170 valence electrons. The van der Waals surface area contributed by atoms with Gasteiger partial charge in [0.15, 0.2) is 5.82 Å². The van der Waals surface area contributed by atoms with Crippen molar-refractivity contribution >= 4 is 54.5 Å². The van der Waals surface area contributed by atoms with Crippen LogP contribution >= 0.6 is 48.8 Å². The fourth-order valence-corrected chi connectivity index (χ4v) is 3.01. The van der Waals surface area contributed by atoms with Crippen LogP contribution in [0.15, 0.2) is 73.2 Å². The highest BCUT2D eigenvalue weighted by Gasteiger charge is 2.17. The van der Waals surface area contributed by atoms with Gasteiger partial charge in [0.1, 0.15) is 17.8 Å². The second-order valence-corrected chi connectivity index (χ2v) is 6.90. The monoisotopic (exact) mass is 513 g/mol. The molecule has 11 heteroatoms. The lowest BCUT2D eigenvalue weighted by Crippen LogP contribution is -2.27. The van der Waals surface area contributed by atoms with Crippen LogP contribution in [0.4, 0.5) is 5.69 Å². The van der Waals surface area contributed by atoms with Crippen molar-refractivity contribution < 1.29 is 0 Å². The van der Waals surface area contributed by atoms with Gasteiger partial charge in [0, 0.05) is 30.0 Å². The summed E-state index contributed by atoms with van der Waals surface area (Å²) in [5.41, 5.74) is 2.84. The summed E-state index contributed by atoms with van der Waals surface area (Å²) in [6, 6.07) is 19.5. The van der Waals surface area contributed by atoms with Crippen LogP contribution in [0.1, 0.15) is 17.4 Å². The van der Waals surface area contributed by atoms with Gasteiger partial charge in [-0.15, -0.1) is 37.2 Å². The van der Waals surface area contributed by atoms with E-state index >= 15 is 0 Å². The molecule has 1 atom stereocenters. The fourth-order valence-electron chi connectivity index (χ4n) is 2.89. The number of hydrogen-bond acceptors (Lipinski definition) is 6. The topological polar surface area (TPSA) is 91.4 Å². The Kier molecular flexibility index (Phi) is 12.0. The van der Waals surface area contributed by atoms with Crippen molar-refractivity contribution in [2.24, 2.45) is 0 Å². The van der Waals surface area contributed by atoms with Crippen molar-refractivity contribution in [2.45, 2.75) is 12.6 Å². The van der Waals surface area contributed by atoms with Crippen molar-refractivity contribution in [1.82, 2.24) is 30.5 Å². The number of nitrogens with zero attached hydrogens (tertiary/aromatic N) is 4. The molecule has 0 aliphatic heterocycles. The lowest BCUT2D eigenvalue weighted by molar-refractivity contribution is 0.602. The number of rotatable bonds is 8. The lowest BCUT2D eigenvalue weighted by Gasteiger charge is -2.18. The third-order valence-corrected chi connectivity index (χ3v) is 4.60. The van der Waals surface area contributed by atoms with Crippen LogP contribution in [0, 0.1) is 0 Å². The first-order valence-corrected chi connectivity index (χ1v) is 9.61. The van der Waals surface area contributed by atoms with Crippen molar-refractivity contribution in [3.63, 3.8) is 0 Å². The molecule has 0 aliphatic rings. The van der Waals surface area contributed by atoms with Crippen molar-refractivity contribution in [2.75, 3.05) is 11.9 Å². The summed E-state index contributed by atoms with van der Waals surface area (Å²) in [6.07, 6.45) is 3.15. The molecular formula is C21H23Cl4N7. The van der Waals surface area contributed by atoms with Crippen molar-refractivity contribution in [1.29, 1.82) is 0 Å². The lowest BCUT2D eigenvalue weighted by atomic mass is 10.2. The van der Waals surface area contributed by atoms with E-state index in [9.17, 15) is 0 Å². The Morgan fingerprint density at radius 1 is 0.938 bits per heavy atom. The highest BCUT2D eigenvalue weighted by molar-refractivity contribution is 6.30. The minimum Gasteiger partial charge on any atom is -0.374 e. The molecule has 2 aromatic heterocycles. The summed E-state index contributed by atoms with van der Waals surface area (Å²) in [5, 5.41) is 15.0. The fraction of sp³-hybridized carbons (Fsp3) is 0.143. The number of nitrogens with one attached hydrogen (secondary N) is 3. The van der Waals surface area contributed by atoms with Gasteiger partial charge in [-0.25, -0.2) is 15.0 Å². The largest absolute Gasteiger partial charge is 0.374 e. The minimum atomic E-state index is -0.122. The number of anilines is 1. The van der Waals surface area contributed by atoms with Crippen LogP contribution < -0.4 is 10.6 Å². The van der Waals surface area contributed by atoms with Crippen LogP contribution in [0.3, 0.4) is 0 Å². The zero-order chi connectivity index (χ0) is 19.9. The van der Waals surface area contributed by atoms with E-state index in [0.717, 1.165) is 12.2 Å². The van der Waals surface area contributed by atoms with Gasteiger partial charge in [-0.1, -0.05) is 41.9 Å². The van der Waals surface area contributed by atoms with Gasteiger partial charge in [0.2, 0.25) is 0 Å². The summed E-state index contributed by atoms with van der Waals surface area (Å²) in [4.78, 5) is 12.8. The van der Waals surface area contributed by atoms with Gasteiger partial charge in [0.25, 0.3) is 0 Å². The van der Waals surface area contributed by atoms with E-state index in [0.29, 0.717) is 28.9 Å². The van der Waals surface area contributed by atoms with E-state index in [4.69, 9.17) is 11.6 Å². The number of aromatic amines is 1. The molecule has 0 fully saturated rings. The molecule has 2 heterocycles. The molecule has 0 radical (unpaired) electrons. The van der Waals surface area contributed by atoms with E-state index in [-0.39, 0.29) is 43.3 Å². The van der Waals surface area contributed by atoms with E-state index in [2.05, 4.69) is 47.9 Å². The molecule has 2 aromatic carbocycles. The number of hydrogen-bond donors (Lipinski definition) is 3. The van der Waals surface area contributed by atoms with E-state index < -0.39 is 0 Å². The maximum absolute atomic E-state index is 6.01. The Morgan fingerprint density at radius 3 is 2.38 bits per heavy atom. The van der Waals surface area contributed by atoms with Gasteiger partial charge in [-0.05, 0) is 35.9 Å². The molecule has 7 nitrogen and oxygen atoms in total. The summed E-state index contributed by atoms with van der Waals surface area (Å²) in [5.74, 6) is 1.25. The van der Waals surface area contributed by atoms with Gasteiger partial charge < -0.3 is 10.6 Å². The molecule has 4 aromatic rings. The van der Waals surface area contributed by atoms with Crippen LogP contribution in [-0.2, 0) is 6.54 Å². The third-order valence-electron chi connectivity index (χ3n) is 4.35. The standard InChI is InChI=1S/C21H20ClN7.3ClH/c22-16-6-8-17(9-7-16)26-19(13-24-12-15-4-2-1-3-5-15)21-27-20(28-29-21)18-10-11-23-14-25-18;;;/h1-11,14,19,24,26H,12-13H2,(H,27,28,29);3*1H. The molecule has 0 amide bonds. The number of H-pyrrole nitrogens is 1. The van der Waals surface area contributed by atoms with Gasteiger partial charge in [0.05, 0.1) is 6.04 Å². The summed E-state index contributed by atoms with van der Waals surface area (Å²) in [7, 11) is 0. The smallest absolute Gasteiger partial charge is 0.199 e. The Labute approximate surface area is 210 Å². The molecule has 4 rings (SSSR count). The Balaban J connectivity index is 0.00000171. The maximum atomic E-state index is 6.01. The summed E-state index contributed by atoms with van der Waals surface area (Å²) >= 11 is 6.01. The molecule has 0 saturated heterocycles. The quantitative estimate of drug-likeness (QED) is 0.302. The molecule has 0 aliphatic carbocycles. The zero-order valence-corrected chi connectivity index (χ0v) is 20.0. The molecule has 0 spiro atoms. The third kappa shape index (κ3) is 7.62. The second kappa shape index (κ2) is 13.9. The Bertz CT molecular complexity index is 1030. The van der Waals surface area contributed by atoms with Crippen LogP contribution in [0.2, 0.25) is 5.02 Å². The van der Waals surface area contributed by atoms with E-state index in [1.807, 2.05) is 42.5 Å². The van der Waals surface area contributed by atoms with Gasteiger partial charge in [-0.2, -0.15) is 5.10 Å². The molecule has 32 heavy (non-hydrogen) atoms. The first kappa shape index (κ1) is 27.6. The highest BCUT2D eigenvalue weighted by Crippen LogP contribution is 2.20. The first-order chi connectivity index (χ1) is 14.3. The molecule has 1 unspecified atom stereocenters. The number of aromatic nitrogens is 5. The Hall–Kier alpha value is -2.42. The molecule has 0 bridgehead atoms. The van der Waals surface area contributed by atoms with Crippen LogP contribution in [-0.4, -0.2) is 31.7 Å². The predicted molar refractivity (Wildman–Crippen MR) is 135 cm³/mol. The molecule has 0 saturated carbocycles. The summed E-state index contributed by atoms with van der Waals surface area (Å²) < 4.78 is 0. The zero-order valence-electron chi connectivity index (χ0n) is 16.8. The van der Waals surface area contributed by atoms with Crippen LogP contribution in [0.5, 0.6) is 0 Å². The average Bonchev–Trinajstić information content (AvgIpc) is 3.26. The SMILES string of the molecule is Cl.Cl.Cl.Clc1ccc(NC(CNCc2ccccc2)c2nc(-c3ccncn3)n[nH]2)cc1. The number of halogens is 4. The predicted octanol–water partition coefficient (Wildman–Crippen LogP) is 5.12. The van der Waals surface area contributed by atoms with Crippen LogP contribution in [0.25, 0.3) is 11.5 Å². The summed E-state index contributed by atoms with van der Waals surface area (Å²) in [6.45, 7) is 1.41. The normalized spacial score (nSPS) is 10.8. The van der Waals surface area contributed by atoms with E-state index in [1.165, 1.54) is 11.9 Å². The molecular weight excluding hydrogens is 492 g/mol. The van der Waals surface area contributed by atoms with Crippen molar-refractivity contribution in [3.05, 3.63) is 89.6 Å². The minimum absolute atomic E-state index is 0. The average molecular weight is 515 g/mol. The highest BCUT2D eigenvalue weighted by atomic mass is 35.5. The maximum Gasteiger partial charge on any atom is 0.199 e. The van der Waals surface area contributed by atoms with Gasteiger partial charge >= 0.3 is 0 Å². The number of benzene rings is 2.